The van der Waals surface area contributed by atoms with Gasteiger partial charge < -0.3 is 15.2 Å². The fourth-order valence-electron chi connectivity index (χ4n) is 1.67. The van der Waals surface area contributed by atoms with Gasteiger partial charge in [-0.1, -0.05) is 25.5 Å². The van der Waals surface area contributed by atoms with Gasteiger partial charge in [0.2, 0.25) is 0 Å². The minimum absolute atomic E-state index is 0.414. The maximum Gasteiger partial charge on any atom is 0.333 e. The van der Waals surface area contributed by atoms with Crippen molar-refractivity contribution in [2.24, 2.45) is 0 Å². The number of hydrogen-bond donors (Lipinski definition) is 2. The highest BCUT2D eigenvalue weighted by atomic mass is 16.4. The van der Waals surface area contributed by atoms with E-state index in [1.165, 1.54) is 12.1 Å². The number of hydrogen-bond acceptors (Lipinski definition) is 4. The van der Waals surface area contributed by atoms with E-state index in [1.807, 2.05) is 18.2 Å². The van der Waals surface area contributed by atoms with Gasteiger partial charge >= 0.3 is 6.03 Å². The molecule has 0 heterocycles. The molecule has 0 bridgehead atoms. The van der Waals surface area contributed by atoms with Gasteiger partial charge in [-0.3, -0.25) is 5.01 Å². The molecule has 6 heteroatoms. The number of aryl methyl sites for hydroxylation is 1. The Hall–Kier alpha value is -2.24. The zero-order valence-corrected chi connectivity index (χ0v) is 11.1. The first-order chi connectivity index (χ1) is 9.06. The van der Waals surface area contributed by atoms with Gasteiger partial charge in [-0.05, 0) is 24.1 Å². The molecule has 0 saturated heterocycles. The molecule has 6 nitrogen and oxygen atoms in total. The van der Waals surface area contributed by atoms with Crippen LogP contribution in [0, 0.1) is 0 Å². The third kappa shape index (κ3) is 4.87. The van der Waals surface area contributed by atoms with Crippen LogP contribution in [0.25, 0.3) is 0 Å². The molecule has 1 aromatic rings. The van der Waals surface area contributed by atoms with Crippen molar-refractivity contribution in [3.05, 3.63) is 29.8 Å². The summed E-state index contributed by atoms with van der Waals surface area (Å²) < 4.78 is 0. The summed E-state index contributed by atoms with van der Waals surface area (Å²) >= 11 is 0. The van der Waals surface area contributed by atoms with Crippen LogP contribution in [0.15, 0.2) is 24.3 Å². The second-order valence-corrected chi connectivity index (χ2v) is 4.07. The summed E-state index contributed by atoms with van der Waals surface area (Å²) in [6.07, 6.45) is 1.89. The number of urea groups is 1. The first-order valence-electron chi connectivity index (χ1n) is 6.11. The summed E-state index contributed by atoms with van der Waals surface area (Å²) in [6, 6.07) is 6.89. The lowest BCUT2D eigenvalue weighted by Crippen LogP contribution is -2.51. The molecule has 2 N–H and O–H groups in total. The van der Waals surface area contributed by atoms with Gasteiger partial charge in [-0.15, -0.1) is 0 Å². The lowest BCUT2D eigenvalue weighted by molar-refractivity contribution is -0.303. The van der Waals surface area contributed by atoms with Crippen LogP contribution in [0.3, 0.4) is 0 Å². The van der Waals surface area contributed by atoms with Crippen LogP contribution in [0.4, 0.5) is 10.5 Å². The second kappa shape index (κ2) is 7.25. The number of hydrazine groups is 1. The van der Waals surface area contributed by atoms with Crippen molar-refractivity contribution in [2.75, 3.05) is 18.6 Å². The predicted molar refractivity (Wildman–Crippen MR) is 70.4 cm³/mol. The summed E-state index contributed by atoms with van der Waals surface area (Å²) in [6.45, 7) is 1.65. The van der Waals surface area contributed by atoms with Crippen LogP contribution in [-0.2, 0) is 11.2 Å². The van der Waals surface area contributed by atoms with Crippen LogP contribution in [0.5, 0.6) is 0 Å². The Kier molecular flexibility index (Phi) is 5.66. The van der Waals surface area contributed by atoms with E-state index in [1.54, 1.807) is 6.07 Å². The molecule has 0 radical (unpaired) electrons. The number of carboxylic acid groups (broad SMARTS) is 1. The van der Waals surface area contributed by atoms with Gasteiger partial charge in [0, 0.05) is 7.05 Å². The van der Waals surface area contributed by atoms with Crippen molar-refractivity contribution in [3.63, 3.8) is 0 Å². The Labute approximate surface area is 112 Å². The monoisotopic (exact) mass is 264 g/mol. The van der Waals surface area contributed by atoms with E-state index in [-0.39, 0.29) is 0 Å². The third-order valence-electron chi connectivity index (χ3n) is 2.51. The van der Waals surface area contributed by atoms with Gasteiger partial charge in [0.05, 0.1) is 18.2 Å². The van der Waals surface area contributed by atoms with E-state index in [0.717, 1.165) is 18.4 Å². The smallest absolute Gasteiger partial charge is 0.333 e. The first-order valence-corrected chi connectivity index (χ1v) is 6.11. The van der Waals surface area contributed by atoms with Crippen molar-refractivity contribution in [1.82, 2.24) is 10.7 Å². The number of carbonyl (C=O) groups excluding carboxylic acids is 2. The van der Waals surface area contributed by atoms with Crippen LogP contribution in [0.2, 0.25) is 0 Å². The summed E-state index contributed by atoms with van der Waals surface area (Å²) in [5.74, 6) is -1.27. The molecule has 0 atom stereocenters. The number of aliphatic carboxylic acids is 1. The highest BCUT2D eigenvalue weighted by Crippen LogP contribution is 2.15. The number of nitrogens with one attached hydrogen (secondary N) is 2. The van der Waals surface area contributed by atoms with Crippen LogP contribution in [-0.4, -0.2) is 25.6 Å². The molecule has 19 heavy (non-hydrogen) atoms. The highest BCUT2D eigenvalue weighted by Gasteiger charge is 2.10. The summed E-state index contributed by atoms with van der Waals surface area (Å²) in [7, 11) is 1.46. The van der Waals surface area contributed by atoms with Crippen molar-refractivity contribution < 1.29 is 14.7 Å². The Morgan fingerprint density at radius 3 is 2.68 bits per heavy atom. The van der Waals surface area contributed by atoms with Crippen LogP contribution >= 0.6 is 0 Å². The van der Waals surface area contributed by atoms with Gasteiger partial charge in [0.25, 0.3) is 0 Å². The fourth-order valence-corrected chi connectivity index (χ4v) is 1.67. The minimum Gasteiger partial charge on any atom is -0.548 e. The molecular weight excluding hydrogens is 246 g/mol. The third-order valence-corrected chi connectivity index (χ3v) is 2.51. The average molecular weight is 264 g/mol. The van der Waals surface area contributed by atoms with Crippen molar-refractivity contribution in [3.8, 4) is 0 Å². The van der Waals surface area contributed by atoms with E-state index in [4.69, 9.17) is 0 Å². The number of nitrogens with zero attached hydrogens (tertiary/aromatic N) is 1. The molecule has 0 saturated carbocycles. The number of benzene rings is 1. The molecule has 0 unspecified atom stereocenters. The summed E-state index contributed by atoms with van der Waals surface area (Å²) in [5, 5.41) is 14.4. The summed E-state index contributed by atoms with van der Waals surface area (Å²) in [4.78, 5) is 22.0. The topological polar surface area (TPSA) is 84.5 Å². The highest BCUT2D eigenvalue weighted by molar-refractivity contribution is 5.78. The number of carboxylic acids is 1. The van der Waals surface area contributed by atoms with Gasteiger partial charge in [-0.2, -0.15) is 0 Å². The zero-order chi connectivity index (χ0) is 14.3. The van der Waals surface area contributed by atoms with E-state index in [2.05, 4.69) is 17.7 Å². The normalized spacial score (nSPS) is 9.79. The number of anilines is 1. The number of carbonyl (C=O) groups is 2. The van der Waals surface area contributed by atoms with Gasteiger partial charge in [0.1, 0.15) is 0 Å². The average Bonchev–Trinajstić information content (AvgIpc) is 2.38. The minimum atomic E-state index is -1.27. The SMILES string of the molecule is CCCc1cccc(N(CC(=O)[O-])NC(=O)NC)c1. The molecule has 0 aliphatic heterocycles. The molecule has 1 aromatic carbocycles. The second-order valence-electron chi connectivity index (χ2n) is 4.07. The summed E-state index contributed by atoms with van der Waals surface area (Å²) in [5.41, 5.74) is 4.14. The van der Waals surface area contributed by atoms with E-state index >= 15 is 0 Å². The lowest BCUT2D eigenvalue weighted by Gasteiger charge is -2.25. The van der Waals surface area contributed by atoms with E-state index in [0.29, 0.717) is 5.69 Å². The van der Waals surface area contributed by atoms with Crippen molar-refractivity contribution >= 4 is 17.7 Å². The molecule has 0 aromatic heterocycles. The Balaban J connectivity index is 2.91. The molecule has 0 fully saturated rings. The number of amides is 2. The first kappa shape index (κ1) is 14.8. The standard InChI is InChI=1S/C13H19N3O3/c1-3-5-10-6-4-7-11(8-10)16(9-12(17)18)15-13(19)14-2/h4,6-8H,3,5,9H2,1-2H3,(H,17,18)(H2,14,15,19)/p-1. The molecule has 104 valence electrons. The van der Waals surface area contributed by atoms with Gasteiger partial charge in [0.15, 0.2) is 0 Å². The molecule has 0 aliphatic carbocycles. The molecular formula is C13H18N3O3-. The molecule has 0 aliphatic rings. The lowest BCUT2D eigenvalue weighted by atomic mass is 10.1. The van der Waals surface area contributed by atoms with Gasteiger partial charge in [-0.25, -0.2) is 10.2 Å². The number of rotatable bonds is 6. The maximum atomic E-state index is 11.3. The molecule has 2 amide bonds. The Morgan fingerprint density at radius 2 is 2.11 bits per heavy atom. The van der Waals surface area contributed by atoms with Crippen LogP contribution < -0.4 is 20.9 Å². The van der Waals surface area contributed by atoms with Crippen molar-refractivity contribution in [2.45, 2.75) is 19.8 Å². The quantitative estimate of drug-likeness (QED) is 0.710. The van der Waals surface area contributed by atoms with Crippen LogP contribution in [0.1, 0.15) is 18.9 Å². The van der Waals surface area contributed by atoms with Crippen molar-refractivity contribution in [1.29, 1.82) is 0 Å². The largest absolute Gasteiger partial charge is 0.548 e. The molecule has 0 spiro atoms. The molecule has 1 rings (SSSR count). The Bertz CT molecular complexity index is 449. The van der Waals surface area contributed by atoms with E-state index in [9.17, 15) is 14.7 Å². The van der Waals surface area contributed by atoms with E-state index < -0.39 is 18.5 Å². The fraction of sp³-hybridized carbons (Fsp3) is 0.385. The zero-order valence-electron chi connectivity index (χ0n) is 11.1. The maximum absolute atomic E-state index is 11.3. The predicted octanol–water partition coefficient (Wildman–Crippen LogP) is 0.0394. The Morgan fingerprint density at radius 1 is 1.37 bits per heavy atom.